The molecule has 8 nitrogen and oxygen atoms in total. The van der Waals surface area contributed by atoms with E-state index in [-0.39, 0.29) is 5.91 Å². The third-order valence-corrected chi connectivity index (χ3v) is 5.92. The molecule has 5 rings (SSSR count). The lowest BCUT2D eigenvalue weighted by Crippen LogP contribution is -2.12. The van der Waals surface area contributed by atoms with Gasteiger partial charge in [-0.15, -0.1) is 0 Å². The molecule has 4 N–H and O–H groups in total. The van der Waals surface area contributed by atoms with Crippen molar-refractivity contribution in [2.24, 2.45) is 0 Å². The number of fused-ring (bicyclic) bond motifs is 2. The highest BCUT2D eigenvalue weighted by Crippen LogP contribution is 2.29. The number of nitrogens with zero attached hydrogens (tertiary/aromatic N) is 3. The summed E-state index contributed by atoms with van der Waals surface area (Å²) >= 11 is 0. The minimum Gasteiger partial charge on any atom is -0.435 e. The van der Waals surface area contributed by atoms with E-state index in [0.29, 0.717) is 40.8 Å². The van der Waals surface area contributed by atoms with Crippen molar-refractivity contribution in [2.75, 3.05) is 22.9 Å². The number of nitrogens with two attached hydrogens (primary N) is 1. The highest BCUT2D eigenvalue weighted by molar-refractivity contribution is 5.93. The Labute approximate surface area is 209 Å². The van der Waals surface area contributed by atoms with Gasteiger partial charge in [0, 0.05) is 13.0 Å². The summed E-state index contributed by atoms with van der Waals surface area (Å²) in [5.41, 5.74) is 10.8. The number of hydrogen-bond donors (Lipinski definition) is 3. The summed E-state index contributed by atoms with van der Waals surface area (Å²) in [6.45, 7) is 0.729. The van der Waals surface area contributed by atoms with E-state index in [0.717, 1.165) is 48.8 Å². The van der Waals surface area contributed by atoms with Crippen LogP contribution in [0.1, 0.15) is 32.1 Å². The van der Waals surface area contributed by atoms with Crippen molar-refractivity contribution in [1.29, 1.82) is 0 Å². The number of rotatable bonds is 10. The summed E-state index contributed by atoms with van der Waals surface area (Å²) in [4.78, 5) is 26.4. The van der Waals surface area contributed by atoms with Crippen molar-refractivity contribution in [1.82, 2.24) is 15.0 Å². The summed E-state index contributed by atoms with van der Waals surface area (Å²) in [6, 6.07) is 22.7. The van der Waals surface area contributed by atoms with Gasteiger partial charge in [0.1, 0.15) is 5.52 Å². The maximum absolute atomic E-state index is 12.2. The van der Waals surface area contributed by atoms with Crippen LogP contribution in [0.3, 0.4) is 0 Å². The first kappa shape index (κ1) is 23.3. The van der Waals surface area contributed by atoms with Gasteiger partial charge < -0.3 is 20.8 Å². The molecule has 0 atom stereocenters. The largest absolute Gasteiger partial charge is 0.435 e. The molecule has 36 heavy (non-hydrogen) atoms. The first-order valence-corrected chi connectivity index (χ1v) is 12.2. The number of amides is 1. The first-order valence-electron chi connectivity index (χ1n) is 12.2. The zero-order valence-electron chi connectivity index (χ0n) is 19.9. The van der Waals surface area contributed by atoms with E-state index in [2.05, 4.69) is 15.6 Å². The second-order valence-electron chi connectivity index (χ2n) is 8.62. The SMILES string of the molecule is Nc1ccccc1NC(=O)CCCCCCNc1nc2ccccc2nc1-c1nc2ccccc2o1. The number of unbranched alkanes of at least 4 members (excludes halogenated alkanes) is 3. The molecular weight excluding hydrogens is 452 g/mol. The van der Waals surface area contributed by atoms with Crippen molar-refractivity contribution in [2.45, 2.75) is 32.1 Å². The minimum atomic E-state index is -0.0135. The van der Waals surface area contributed by atoms with Gasteiger partial charge in [0.2, 0.25) is 11.8 Å². The van der Waals surface area contributed by atoms with Gasteiger partial charge in [-0.3, -0.25) is 4.79 Å². The molecule has 5 aromatic rings. The van der Waals surface area contributed by atoms with Gasteiger partial charge in [0.15, 0.2) is 17.1 Å². The number of carbonyl (C=O) groups is 1. The molecule has 0 aliphatic carbocycles. The number of nitrogen functional groups attached to an aromatic ring is 1. The average molecular weight is 481 g/mol. The lowest BCUT2D eigenvalue weighted by molar-refractivity contribution is -0.116. The summed E-state index contributed by atoms with van der Waals surface area (Å²) in [5, 5.41) is 6.29. The number of benzene rings is 3. The van der Waals surface area contributed by atoms with E-state index in [4.69, 9.17) is 20.1 Å². The lowest BCUT2D eigenvalue weighted by Gasteiger charge is -2.10. The third-order valence-electron chi connectivity index (χ3n) is 5.92. The van der Waals surface area contributed by atoms with Gasteiger partial charge in [-0.25, -0.2) is 15.0 Å². The molecule has 0 spiro atoms. The van der Waals surface area contributed by atoms with Crippen LogP contribution in [0.2, 0.25) is 0 Å². The number of para-hydroxylation sites is 6. The van der Waals surface area contributed by atoms with E-state index in [1.807, 2.05) is 66.7 Å². The van der Waals surface area contributed by atoms with Gasteiger partial charge in [0.05, 0.1) is 22.4 Å². The molecule has 0 aliphatic rings. The maximum atomic E-state index is 12.2. The molecule has 3 aromatic carbocycles. The lowest BCUT2D eigenvalue weighted by atomic mass is 10.1. The molecule has 0 unspecified atom stereocenters. The van der Waals surface area contributed by atoms with E-state index < -0.39 is 0 Å². The Morgan fingerprint density at radius 1 is 0.778 bits per heavy atom. The van der Waals surface area contributed by atoms with Crippen molar-refractivity contribution >= 4 is 45.2 Å². The molecule has 0 fully saturated rings. The summed E-state index contributed by atoms with van der Waals surface area (Å²) in [6.07, 6.45) is 4.19. The molecule has 0 radical (unpaired) electrons. The van der Waals surface area contributed by atoms with E-state index in [1.54, 1.807) is 6.07 Å². The molecule has 8 heteroatoms. The number of hydrogen-bond acceptors (Lipinski definition) is 7. The molecule has 0 saturated heterocycles. The Balaban J connectivity index is 1.16. The predicted molar refractivity (Wildman–Crippen MR) is 144 cm³/mol. The molecule has 0 saturated carbocycles. The fourth-order valence-electron chi connectivity index (χ4n) is 4.04. The van der Waals surface area contributed by atoms with E-state index in [9.17, 15) is 4.79 Å². The number of oxazole rings is 1. The van der Waals surface area contributed by atoms with E-state index >= 15 is 0 Å². The Morgan fingerprint density at radius 2 is 1.47 bits per heavy atom. The van der Waals surface area contributed by atoms with Crippen molar-refractivity contribution in [3.8, 4) is 11.6 Å². The third kappa shape index (κ3) is 5.43. The number of carbonyl (C=O) groups excluding carboxylic acids is 1. The van der Waals surface area contributed by atoms with Crippen LogP contribution in [-0.4, -0.2) is 27.4 Å². The standard InChI is InChI=1S/C28H28N6O2/c29-19-11-4-5-12-20(19)31-25(35)17-3-1-2-10-18-30-27-26(32-21-13-6-7-14-22(21)33-27)28-34-23-15-8-9-16-24(23)36-28/h4-9,11-16H,1-3,10,17-18,29H2,(H,30,33)(H,31,35). The normalized spacial score (nSPS) is 11.1. The molecule has 2 heterocycles. The summed E-state index contributed by atoms with van der Waals surface area (Å²) in [7, 11) is 0. The Kier molecular flexibility index (Phi) is 7.02. The van der Waals surface area contributed by atoms with Gasteiger partial charge in [-0.1, -0.05) is 49.2 Å². The van der Waals surface area contributed by atoms with Crippen LogP contribution in [0, 0.1) is 0 Å². The van der Waals surface area contributed by atoms with Crippen LogP contribution in [0.5, 0.6) is 0 Å². The maximum Gasteiger partial charge on any atom is 0.250 e. The quantitative estimate of drug-likeness (QED) is 0.165. The number of nitrogens with one attached hydrogen (secondary N) is 2. The van der Waals surface area contributed by atoms with Crippen LogP contribution in [0.15, 0.2) is 77.2 Å². The highest BCUT2D eigenvalue weighted by atomic mass is 16.3. The van der Waals surface area contributed by atoms with Crippen molar-refractivity contribution in [3.05, 3.63) is 72.8 Å². The first-order chi connectivity index (χ1) is 17.7. The summed E-state index contributed by atoms with van der Waals surface area (Å²) in [5.74, 6) is 1.09. The molecule has 0 aliphatic heterocycles. The van der Waals surface area contributed by atoms with Gasteiger partial charge in [-0.05, 0) is 49.2 Å². The van der Waals surface area contributed by atoms with Crippen molar-refractivity contribution in [3.63, 3.8) is 0 Å². The minimum absolute atomic E-state index is 0.0135. The van der Waals surface area contributed by atoms with Crippen molar-refractivity contribution < 1.29 is 9.21 Å². The zero-order valence-corrected chi connectivity index (χ0v) is 19.9. The monoisotopic (exact) mass is 480 g/mol. The van der Waals surface area contributed by atoms with Crippen LogP contribution >= 0.6 is 0 Å². The molecule has 0 bridgehead atoms. The van der Waals surface area contributed by atoms with Crippen LogP contribution in [0.4, 0.5) is 17.2 Å². The van der Waals surface area contributed by atoms with Gasteiger partial charge in [-0.2, -0.15) is 0 Å². The fourth-order valence-corrected chi connectivity index (χ4v) is 4.04. The second kappa shape index (κ2) is 10.9. The fraction of sp³-hybridized carbons (Fsp3) is 0.214. The molecule has 182 valence electrons. The van der Waals surface area contributed by atoms with Gasteiger partial charge >= 0.3 is 0 Å². The predicted octanol–water partition coefficient (Wildman–Crippen LogP) is 6.02. The number of anilines is 3. The number of aromatic nitrogens is 3. The second-order valence-corrected chi connectivity index (χ2v) is 8.62. The highest BCUT2D eigenvalue weighted by Gasteiger charge is 2.17. The summed E-state index contributed by atoms with van der Waals surface area (Å²) < 4.78 is 5.98. The zero-order chi connectivity index (χ0) is 24.7. The Morgan fingerprint density at radius 3 is 2.28 bits per heavy atom. The van der Waals surface area contributed by atoms with Crippen LogP contribution in [0.25, 0.3) is 33.7 Å². The average Bonchev–Trinajstić information content (AvgIpc) is 3.33. The molecule has 2 aromatic heterocycles. The van der Waals surface area contributed by atoms with Gasteiger partial charge in [0.25, 0.3) is 0 Å². The van der Waals surface area contributed by atoms with Crippen LogP contribution in [-0.2, 0) is 4.79 Å². The van der Waals surface area contributed by atoms with Crippen LogP contribution < -0.4 is 16.4 Å². The van der Waals surface area contributed by atoms with E-state index in [1.165, 1.54) is 0 Å². The molecule has 1 amide bonds. The molecular formula is C28H28N6O2. The smallest absolute Gasteiger partial charge is 0.250 e. The Hall–Kier alpha value is -4.46. The topological polar surface area (TPSA) is 119 Å². The Bertz CT molecular complexity index is 1460.